The van der Waals surface area contributed by atoms with Crippen molar-refractivity contribution in [2.24, 2.45) is 5.73 Å². The molecule has 0 aliphatic heterocycles. The van der Waals surface area contributed by atoms with Crippen molar-refractivity contribution in [1.82, 2.24) is 10.3 Å². The van der Waals surface area contributed by atoms with Crippen molar-refractivity contribution in [2.45, 2.75) is 24.9 Å². The molecule has 2 atom stereocenters. The van der Waals surface area contributed by atoms with Crippen molar-refractivity contribution >= 4 is 16.8 Å². The van der Waals surface area contributed by atoms with Crippen LogP contribution in [0.25, 0.3) is 10.9 Å². The molecule has 0 aliphatic rings. The quantitative estimate of drug-likeness (QED) is 0.612. The van der Waals surface area contributed by atoms with Gasteiger partial charge in [0.25, 0.3) is 0 Å². The van der Waals surface area contributed by atoms with E-state index in [1.165, 1.54) is 0 Å². The Hall–Kier alpha value is -2.63. The Balaban J connectivity index is 1.81. The highest BCUT2D eigenvalue weighted by Crippen LogP contribution is 2.23. The normalized spacial score (nSPS) is 14.7. The second-order valence-corrected chi connectivity index (χ2v) is 6.73. The molecular formula is C21H25N3O2. The zero-order valence-corrected chi connectivity index (χ0v) is 15.2. The molecule has 136 valence electrons. The summed E-state index contributed by atoms with van der Waals surface area (Å²) in [7, 11) is 1.56. The lowest BCUT2D eigenvalue weighted by atomic mass is 9.90. The zero-order valence-electron chi connectivity index (χ0n) is 15.2. The number of ether oxygens (including phenoxy) is 1. The molecule has 0 aliphatic carbocycles. The van der Waals surface area contributed by atoms with Gasteiger partial charge in [0.2, 0.25) is 5.91 Å². The van der Waals surface area contributed by atoms with Crippen molar-refractivity contribution < 1.29 is 9.53 Å². The van der Waals surface area contributed by atoms with Gasteiger partial charge < -0.3 is 20.8 Å². The van der Waals surface area contributed by atoms with Crippen molar-refractivity contribution in [3.05, 3.63) is 71.9 Å². The van der Waals surface area contributed by atoms with Crippen LogP contribution in [-0.4, -0.2) is 30.1 Å². The van der Waals surface area contributed by atoms with Crippen LogP contribution in [0.15, 0.2) is 60.8 Å². The van der Waals surface area contributed by atoms with Crippen molar-refractivity contribution in [1.29, 1.82) is 0 Å². The molecule has 0 saturated heterocycles. The standard InChI is InChI=1S/C21H25N3O2/c1-15(16-8-4-3-5-9-16)24-20(25)21(22,14-26-2)12-17-13-23-19-11-7-6-10-18(17)19/h3-11,13,15,23H,12,14,22H2,1-2H3,(H,24,25)/t15-,21-/m0/s1. The highest BCUT2D eigenvalue weighted by atomic mass is 16.5. The number of benzene rings is 2. The molecule has 0 saturated carbocycles. The number of amides is 1. The van der Waals surface area contributed by atoms with Gasteiger partial charge in [-0.2, -0.15) is 0 Å². The lowest BCUT2D eigenvalue weighted by Crippen LogP contribution is -2.58. The highest BCUT2D eigenvalue weighted by Gasteiger charge is 2.36. The summed E-state index contributed by atoms with van der Waals surface area (Å²) in [6.45, 7) is 2.09. The van der Waals surface area contributed by atoms with E-state index in [2.05, 4.69) is 10.3 Å². The first-order valence-corrected chi connectivity index (χ1v) is 8.72. The van der Waals surface area contributed by atoms with Crippen LogP contribution in [0.3, 0.4) is 0 Å². The first-order valence-electron chi connectivity index (χ1n) is 8.72. The Morgan fingerprint density at radius 3 is 2.62 bits per heavy atom. The number of rotatable bonds is 7. The van der Waals surface area contributed by atoms with E-state index in [1.807, 2.05) is 67.7 Å². The highest BCUT2D eigenvalue weighted by molar-refractivity contribution is 5.89. The van der Waals surface area contributed by atoms with Crippen molar-refractivity contribution in [3.8, 4) is 0 Å². The van der Waals surface area contributed by atoms with E-state index >= 15 is 0 Å². The van der Waals surface area contributed by atoms with Gasteiger partial charge >= 0.3 is 0 Å². The third-order valence-corrected chi connectivity index (χ3v) is 4.68. The summed E-state index contributed by atoms with van der Waals surface area (Å²) in [6.07, 6.45) is 2.30. The molecule has 0 unspecified atom stereocenters. The maximum absolute atomic E-state index is 13.0. The maximum atomic E-state index is 13.0. The average Bonchev–Trinajstić information content (AvgIpc) is 3.05. The summed E-state index contributed by atoms with van der Waals surface area (Å²) in [6, 6.07) is 17.7. The van der Waals surface area contributed by atoms with E-state index < -0.39 is 5.54 Å². The predicted molar refractivity (Wildman–Crippen MR) is 104 cm³/mol. The van der Waals surface area contributed by atoms with Crippen LogP contribution in [0.1, 0.15) is 24.1 Å². The molecule has 26 heavy (non-hydrogen) atoms. The average molecular weight is 351 g/mol. The molecule has 1 heterocycles. The van der Waals surface area contributed by atoms with Gasteiger partial charge in [-0.1, -0.05) is 48.5 Å². The third-order valence-electron chi connectivity index (χ3n) is 4.68. The van der Waals surface area contributed by atoms with E-state index in [4.69, 9.17) is 10.5 Å². The summed E-state index contributed by atoms with van der Waals surface area (Å²) < 4.78 is 5.28. The van der Waals surface area contributed by atoms with Crippen LogP contribution in [-0.2, 0) is 16.0 Å². The smallest absolute Gasteiger partial charge is 0.243 e. The monoisotopic (exact) mass is 351 g/mol. The first-order chi connectivity index (χ1) is 12.5. The molecule has 3 aromatic rings. The molecule has 1 aromatic heterocycles. The number of aromatic amines is 1. The summed E-state index contributed by atoms with van der Waals surface area (Å²) >= 11 is 0. The lowest BCUT2D eigenvalue weighted by molar-refractivity contribution is -0.129. The van der Waals surface area contributed by atoms with Gasteiger partial charge in [-0.05, 0) is 24.1 Å². The SMILES string of the molecule is COC[C@@](N)(Cc1c[nH]c2ccccc12)C(=O)N[C@@H](C)c1ccccc1. The molecule has 5 nitrogen and oxygen atoms in total. The van der Waals surface area contributed by atoms with Crippen molar-refractivity contribution in [3.63, 3.8) is 0 Å². The van der Waals surface area contributed by atoms with Crippen LogP contribution in [0.4, 0.5) is 0 Å². The number of hydrogen-bond acceptors (Lipinski definition) is 3. The molecule has 3 rings (SSSR count). The van der Waals surface area contributed by atoms with Crippen LogP contribution in [0, 0.1) is 0 Å². The number of aromatic nitrogens is 1. The molecule has 0 bridgehead atoms. The van der Waals surface area contributed by atoms with Gasteiger partial charge in [0.05, 0.1) is 12.6 Å². The van der Waals surface area contributed by atoms with Gasteiger partial charge in [-0.25, -0.2) is 0 Å². The van der Waals surface area contributed by atoms with Gasteiger partial charge in [0, 0.05) is 30.6 Å². The van der Waals surface area contributed by atoms with Crippen molar-refractivity contribution in [2.75, 3.05) is 13.7 Å². The summed E-state index contributed by atoms with van der Waals surface area (Å²) in [4.78, 5) is 16.2. The Labute approximate surface area is 153 Å². The number of para-hydroxylation sites is 1. The number of H-pyrrole nitrogens is 1. The molecule has 0 fully saturated rings. The minimum absolute atomic E-state index is 0.133. The summed E-state index contributed by atoms with van der Waals surface area (Å²) in [5.41, 5.74) is 8.43. The number of methoxy groups -OCH3 is 1. The van der Waals surface area contributed by atoms with E-state index in [9.17, 15) is 4.79 Å². The fourth-order valence-corrected chi connectivity index (χ4v) is 3.24. The summed E-state index contributed by atoms with van der Waals surface area (Å²) in [5, 5.41) is 4.10. The van der Waals surface area contributed by atoms with E-state index in [0.717, 1.165) is 22.0 Å². The van der Waals surface area contributed by atoms with Crippen LogP contribution in [0.5, 0.6) is 0 Å². The van der Waals surface area contributed by atoms with E-state index in [0.29, 0.717) is 6.42 Å². The number of fused-ring (bicyclic) bond motifs is 1. The topological polar surface area (TPSA) is 80.1 Å². The van der Waals surface area contributed by atoms with Gasteiger partial charge in [-0.3, -0.25) is 4.79 Å². The Bertz CT molecular complexity index is 875. The maximum Gasteiger partial charge on any atom is 0.243 e. The zero-order chi connectivity index (χ0) is 18.6. The molecule has 4 N–H and O–H groups in total. The molecule has 0 spiro atoms. The number of nitrogens with one attached hydrogen (secondary N) is 2. The second kappa shape index (κ2) is 7.72. The Kier molecular flexibility index (Phi) is 5.40. The molecule has 5 heteroatoms. The molecule has 1 amide bonds. The molecule has 2 aromatic carbocycles. The summed E-state index contributed by atoms with van der Waals surface area (Å²) in [5.74, 6) is -0.221. The fourth-order valence-electron chi connectivity index (χ4n) is 3.24. The van der Waals surface area contributed by atoms with Gasteiger partial charge in [-0.15, -0.1) is 0 Å². The molecular weight excluding hydrogens is 326 g/mol. The van der Waals surface area contributed by atoms with E-state index in [1.54, 1.807) is 7.11 Å². The van der Waals surface area contributed by atoms with E-state index in [-0.39, 0.29) is 18.6 Å². The molecule has 0 radical (unpaired) electrons. The number of carbonyl (C=O) groups is 1. The predicted octanol–water partition coefficient (Wildman–Crippen LogP) is 2.93. The Morgan fingerprint density at radius 1 is 1.19 bits per heavy atom. The van der Waals surface area contributed by atoms with Gasteiger partial charge in [0.15, 0.2) is 0 Å². The number of nitrogens with two attached hydrogens (primary N) is 1. The van der Waals surface area contributed by atoms with Gasteiger partial charge in [0.1, 0.15) is 5.54 Å². The number of hydrogen-bond donors (Lipinski definition) is 3. The first kappa shape index (κ1) is 18.2. The minimum atomic E-state index is -1.15. The largest absolute Gasteiger partial charge is 0.382 e. The second-order valence-electron chi connectivity index (χ2n) is 6.73. The fraction of sp³-hybridized carbons (Fsp3) is 0.286. The van der Waals surface area contributed by atoms with Crippen LogP contribution >= 0.6 is 0 Å². The lowest BCUT2D eigenvalue weighted by Gasteiger charge is -2.29. The van der Waals surface area contributed by atoms with Crippen LogP contribution in [0.2, 0.25) is 0 Å². The minimum Gasteiger partial charge on any atom is -0.382 e. The third kappa shape index (κ3) is 3.79. The van der Waals surface area contributed by atoms with Crippen LogP contribution < -0.4 is 11.1 Å². The number of carbonyl (C=O) groups excluding carboxylic acids is 1. The Morgan fingerprint density at radius 2 is 1.88 bits per heavy atom.